The summed E-state index contributed by atoms with van der Waals surface area (Å²) in [6, 6.07) is 8.03. The van der Waals surface area contributed by atoms with Gasteiger partial charge in [0, 0.05) is 17.6 Å². The monoisotopic (exact) mass is 297 g/mol. The van der Waals surface area contributed by atoms with Gasteiger partial charge < -0.3 is 4.74 Å². The van der Waals surface area contributed by atoms with E-state index in [1.165, 1.54) is 25.9 Å². The first-order valence-electron chi connectivity index (χ1n) is 6.38. The molecule has 3 heteroatoms. The Kier molecular flexibility index (Phi) is 4.86. The topological polar surface area (TPSA) is 12.5 Å². The number of halogens is 1. The Hall–Kier alpha value is -0.540. The Morgan fingerprint density at radius 2 is 2.35 bits per heavy atom. The molecule has 2 rings (SSSR count). The number of nitrogens with zero attached hydrogens (tertiary/aromatic N) is 1. The second-order valence-corrected chi connectivity index (χ2v) is 5.59. The summed E-state index contributed by atoms with van der Waals surface area (Å²) >= 11 is 3.45. The maximum absolute atomic E-state index is 5.75. The number of hydrogen-bond acceptors (Lipinski definition) is 2. The van der Waals surface area contributed by atoms with Crippen LogP contribution in [0.4, 0.5) is 0 Å². The molecule has 0 amide bonds. The van der Waals surface area contributed by atoms with Gasteiger partial charge in [0.2, 0.25) is 0 Å². The van der Waals surface area contributed by atoms with Gasteiger partial charge in [-0.05, 0) is 37.1 Å². The van der Waals surface area contributed by atoms with Gasteiger partial charge in [-0.2, -0.15) is 0 Å². The van der Waals surface area contributed by atoms with Crippen LogP contribution in [0, 0.1) is 5.92 Å². The molecule has 0 radical (unpaired) electrons. The van der Waals surface area contributed by atoms with Gasteiger partial charge in [-0.15, -0.1) is 0 Å². The van der Waals surface area contributed by atoms with Gasteiger partial charge in [0.15, 0.2) is 0 Å². The second kappa shape index (κ2) is 6.41. The zero-order valence-electron chi connectivity index (χ0n) is 10.4. The van der Waals surface area contributed by atoms with E-state index in [0.29, 0.717) is 0 Å². The van der Waals surface area contributed by atoms with Gasteiger partial charge in [0.1, 0.15) is 12.4 Å². The zero-order chi connectivity index (χ0) is 12.1. The number of hydrogen-bond donors (Lipinski definition) is 0. The van der Waals surface area contributed by atoms with Crippen LogP contribution in [-0.2, 0) is 0 Å². The second-order valence-electron chi connectivity index (χ2n) is 4.67. The first-order valence-corrected chi connectivity index (χ1v) is 7.18. The Bertz CT molecular complexity index is 356. The molecule has 1 aliphatic rings. The summed E-state index contributed by atoms with van der Waals surface area (Å²) in [5.41, 5.74) is 0. The molecule has 1 aliphatic heterocycles. The minimum Gasteiger partial charge on any atom is -0.492 e. The van der Waals surface area contributed by atoms with E-state index in [9.17, 15) is 0 Å². The molecule has 0 aromatic heterocycles. The van der Waals surface area contributed by atoms with Crippen molar-refractivity contribution in [2.45, 2.75) is 19.8 Å². The fourth-order valence-corrected chi connectivity index (χ4v) is 2.68. The summed E-state index contributed by atoms with van der Waals surface area (Å²) in [7, 11) is 0. The lowest BCUT2D eigenvalue weighted by atomic mass is 10.1. The number of ether oxygens (including phenoxy) is 1. The quantitative estimate of drug-likeness (QED) is 0.824. The van der Waals surface area contributed by atoms with Crippen molar-refractivity contribution < 1.29 is 4.74 Å². The average molecular weight is 298 g/mol. The molecule has 0 bridgehead atoms. The van der Waals surface area contributed by atoms with Crippen molar-refractivity contribution in [2.24, 2.45) is 5.92 Å². The summed E-state index contributed by atoms with van der Waals surface area (Å²) < 4.78 is 6.82. The van der Waals surface area contributed by atoms with Gasteiger partial charge in [-0.25, -0.2) is 0 Å². The van der Waals surface area contributed by atoms with E-state index in [2.05, 4.69) is 27.8 Å². The molecule has 1 heterocycles. The highest BCUT2D eigenvalue weighted by Gasteiger charge is 2.20. The number of benzene rings is 1. The maximum Gasteiger partial charge on any atom is 0.120 e. The fraction of sp³-hybridized carbons (Fsp3) is 0.571. The Morgan fingerprint density at radius 3 is 3.06 bits per heavy atom. The predicted molar refractivity (Wildman–Crippen MR) is 74.5 cm³/mol. The molecule has 1 aromatic rings. The van der Waals surface area contributed by atoms with E-state index in [1.807, 2.05) is 24.3 Å². The molecule has 0 spiro atoms. The molecule has 2 nitrogen and oxygen atoms in total. The third kappa shape index (κ3) is 4.00. The molecule has 1 saturated heterocycles. The molecule has 0 N–H and O–H groups in total. The SMILES string of the molecule is CCC1CCN(CCOc2cccc(Br)c2)C1. The van der Waals surface area contributed by atoms with Crippen LogP contribution in [-0.4, -0.2) is 31.1 Å². The van der Waals surface area contributed by atoms with Crippen LogP contribution < -0.4 is 4.74 Å². The van der Waals surface area contributed by atoms with Gasteiger partial charge in [-0.3, -0.25) is 4.90 Å². The first-order chi connectivity index (χ1) is 8.28. The Labute approximate surface area is 112 Å². The van der Waals surface area contributed by atoms with Crippen LogP contribution in [0.3, 0.4) is 0 Å². The summed E-state index contributed by atoms with van der Waals surface area (Å²) in [6.07, 6.45) is 2.66. The summed E-state index contributed by atoms with van der Waals surface area (Å²) in [6.45, 7) is 6.60. The van der Waals surface area contributed by atoms with E-state index >= 15 is 0 Å². The number of likely N-dealkylation sites (tertiary alicyclic amines) is 1. The molecule has 17 heavy (non-hydrogen) atoms. The lowest BCUT2D eigenvalue weighted by molar-refractivity contribution is 0.232. The lowest BCUT2D eigenvalue weighted by Crippen LogP contribution is -2.26. The molecule has 1 unspecified atom stereocenters. The van der Waals surface area contributed by atoms with Gasteiger partial charge in [0.25, 0.3) is 0 Å². The third-order valence-electron chi connectivity index (χ3n) is 3.42. The van der Waals surface area contributed by atoms with E-state index in [1.54, 1.807) is 0 Å². The predicted octanol–water partition coefficient (Wildman–Crippen LogP) is 3.56. The summed E-state index contributed by atoms with van der Waals surface area (Å²) in [5.74, 6) is 1.85. The van der Waals surface area contributed by atoms with Crippen molar-refractivity contribution in [3.63, 3.8) is 0 Å². The molecule has 0 saturated carbocycles. The van der Waals surface area contributed by atoms with Crippen molar-refractivity contribution in [2.75, 3.05) is 26.2 Å². The molecular weight excluding hydrogens is 278 g/mol. The molecule has 1 atom stereocenters. The molecular formula is C14H20BrNO. The summed E-state index contributed by atoms with van der Waals surface area (Å²) in [5, 5.41) is 0. The average Bonchev–Trinajstić information content (AvgIpc) is 2.77. The zero-order valence-corrected chi connectivity index (χ0v) is 11.9. The van der Waals surface area contributed by atoms with Gasteiger partial charge >= 0.3 is 0 Å². The van der Waals surface area contributed by atoms with E-state index in [-0.39, 0.29) is 0 Å². The Morgan fingerprint density at radius 1 is 1.47 bits per heavy atom. The fourth-order valence-electron chi connectivity index (χ4n) is 2.30. The van der Waals surface area contributed by atoms with Crippen molar-refractivity contribution in [1.82, 2.24) is 4.90 Å². The minimum atomic E-state index is 0.785. The van der Waals surface area contributed by atoms with Crippen LogP contribution in [0.15, 0.2) is 28.7 Å². The van der Waals surface area contributed by atoms with Crippen LogP contribution in [0.25, 0.3) is 0 Å². The molecule has 94 valence electrons. The van der Waals surface area contributed by atoms with Crippen molar-refractivity contribution >= 4 is 15.9 Å². The minimum absolute atomic E-state index is 0.785. The summed E-state index contributed by atoms with van der Waals surface area (Å²) in [4.78, 5) is 2.51. The smallest absolute Gasteiger partial charge is 0.120 e. The van der Waals surface area contributed by atoms with Crippen LogP contribution in [0.1, 0.15) is 19.8 Å². The van der Waals surface area contributed by atoms with E-state index < -0.39 is 0 Å². The van der Waals surface area contributed by atoms with Crippen LogP contribution in [0.2, 0.25) is 0 Å². The van der Waals surface area contributed by atoms with Crippen molar-refractivity contribution in [3.8, 4) is 5.75 Å². The van der Waals surface area contributed by atoms with Crippen LogP contribution >= 0.6 is 15.9 Å². The van der Waals surface area contributed by atoms with Crippen molar-refractivity contribution in [1.29, 1.82) is 0 Å². The third-order valence-corrected chi connectivity index (χ3v) is 3.91. The van der Waals surface area contributed by atoms with Crippen molar-refractivity contribution in [3.05, 3.63) is 28.7 Å². The standard InChI is InChI=1S/C14H20BrNO/c1-2-12-6-7-16(11-12)8-9-17-14-5-3-4-13(15)10-14/h3-5,10,12H,2,6-9,11H2,1H3. The number of rotatable bonds is 5. The highest BCUT2D eigenvalue weighted by Crippen LogP contribution is 2.20. The Balaban J connectivity index is 1.70. The maximum atomic E-state index is 5.75. The molecule has 1 aromatic carbocycles. The van der Waals surface area contributed by atoms with Crippen LogP contribution in [0.5, 0.6) is 5.75 Å². The van der Waals surface area contributed by atoms with E-state index in [0.717, 1.165) is 29.3 Å². The first kappa shape index (κ1) is 12.9. The largest absolute Gasteiger partial charge is 0.492 e. The highest BCUT2D eigenvalue weighted by atomic mass is 79.9. The van der Waals surface area contributed by atoms with E-state index in [4.69, 9.17) is 4.74 Å². The molecule has 0 aliphatic carbocycles. The van der Waals surface area contributed by atoms with Gasteiger partial charge in [-0.1, -0.05) is 35.3 Å². The highest BCUT2D eigenvalue weighted by molar-refractivity contribution is 9.10. The normalized spacial score (nSPS) is 20.7. The molecule has 1 fully saturated rings. The van der Waals surface area contributed by atoms with Gasteiger partial charge in [0.05, 0.1) is 0 Å². The lowest BCUT2D eigenvalue weighted by Gasteiger charge is -2.16.